The van der Waals surface area contributed by atoms with Crippen molar-refractivity contribution in [2.45, 2.75) is 0 Å². The van der Waals surface area contributed by atoms with Gasteiger partial charge in [0.15, 0.2) is 11.5 Å². The number of hydrogen-bond acceptors (Lipinski definition) is 5. The summed E-state index contributed by atoms with van der Waals surface area (Å²) in [6.45, 7) is 0. The van der Waals surface area contributed by atoms with E-state index in [9.17, 15) is 9.90 Å². The Balaban J connectivity index is 0.00000169. The Morgan fingerprint density at radius 2 is 1.64 bits per heavy atom. The molecule has 1 aromatic carbocycles. The van der Waals surface area contributed by atoms with Gasteiger partial charge in [0, 0.05) is 5.56 Å². The van der Waals surface area contributed by atoms with Crippen molar-refractivity contribution >= 4 is 6.29 Å². The maximum absolute atomic E-state index is 10.5. The average molecular weight is 199 g/mol. The normalized spacial score (nSPS) is 8.71. The van der Waals surface area contributed by atoms with Crippen LogP contribution in [0.4, 0.5) is 0 Å². The molecule has 0 saturated heterocycles. The molecule has 0 amide bonds. The Labute approximate surface area is 81.8 Å². The third kappa shape index (κ3) is 2.14. The van der Waals surface area contributed by atoms with Crippen molar-refractivity contribution in [2.24, 2.45) is 0 Å². The van der Waals surface area contributed by atoms with Gasteiger partial charge in [0.05, 0.1) is 14.2 Å². The lowest BCUT2D eigenvalue weighted by Gasteiger charge is -2.08. The minimum Gasteiger partial charge on any atom is -0.502 e. The summed E-state index contributed by atoms with van der Waals surface area (Å²) < 4.78 is 9.68. The highest BCUT2D eigenvalue weighted by Gasteiger charge is 2.10. The number of aldehydes is 1. The highest BCUT2D eigenvalue weighted by molar-refractivity contribution is 5.78. The van der Waals surface area contributed by atoms with E-state index in [1.165, 1.54) is 26.4 Å². The third-order valence-corrected chi connectivity index (χ3v) is 1.64. The van der Waals surface area contributed by atoms with Crippen LogP contribution in [0, 0.1) is 0 Å². The minimum absolute atomic E-state index is 0. The van der Waals surface area contributed by atoms with Crippen LogP contribution in [0.3, 0.4) is 0 Å². The van der Waals surface area contributed by atoms with E-state index < -0.39 is 0 Å². The van der Waals surface area contributed by atoms with E-state index in [4.69, 9.17) is 9.47 Å². The lowest BCUT2D eigenvalue weighted by Crippen LogP contribution is -1.91. The number of ether oxygens (including phenoxy) is 2. The molecule has 0 unspecified atom stereocenters. The molecule has 0 fully saturated rings. The van der Waals surface area contributed by atoms with E-state index in [1.807, 2.05) is 0 Å². The smallest absolute Gasteiger partial charge is 0.200 e. The number of aromatic hydroxyl groups is 1. The van der Waals surface area contributed by atoms with Gasteiger partial charge in [-0.05, 0) is 12.1 Å². The molecule has 0 aliphatic rings. The number of rotatable bonds is 3. The minimum atomic E-state index is -0.101. The number of phenols is 1. The predicted octanol–water partition coefficient (Wildman–Crippen LogP) is 1.38. The van der Waals surface area contributed by atoms with Gasteiger partial charge in [-0.15, -0.1) is 0 Å². The van der Waals surface area contributed by atoms with Gasteiger partial charge in [-0.3, -0.25) is 4.79 Å². The summed E-state index contributed by atoms with van der Waals surface area (Å²) in [5, 5.41) is 9.44. The summed E-state index contributed by atoms with van der Waals surface area (Å²) in [6, 6.07) is 2.87. The van der Waals surface area contributed by atoms with Crippen LogP contribution in [0.2, 0.25) is 0 Å². The second-order valence-electron chi connectivity index (χ2n) is 2.39. The Morgan fingerprint density at radius 1 is 1.21 bits per heavy atom. The highest BCUT2D eigenvalue weighted by Crippen LogP contribution is 2.36. The zero-order chi connectivity index (χ0) is 9.84. The Morgan fingerprint density at radius 3 is 1.93 bits per heavy atom. The molecule has 0 saturated carbocycles. The molecule has 5 nitrogen and oxygen atoms in total. The van der Waals surface area contributed by atoms with Gasteiger partial charge < -0.3 is 20.7 Å². The fraction of sp³-hybridized carbons (Fsp3) is 0.222. The van der Waals surface area contributed by atoms with E-state index in [0.29, 0.717) is 11.8 Å². The number of methoxy groups -OCH3 is 2. The third-order valence-electron chi connectivity index (χ3n) is 1.64. The first kappa shape index (κ1) is 12.2. The summed E-state index contributed by atoms with van der Waals surface area (Å²) in [7, 11) is 2.81. The first-order chi connectivity index (χ1) is 6.22. The van der Waals surface area contributed by atoms with Gasteiger partial charge in [0.1, 0.15) is 6.29 Å². The van der Waals surface area contributed by atoms with E-state index in [0.717, 1.165) is 0 Å². The van der Waals surface area contributed by atoms with Gasteiger partial charge >= 0.3 is 0 Å². The van der Waals surface area contributed by atoms with Gasteiger partial charge in [0.2, 0.25) is 5.75 Å². The summed E-state index contributed by atoms with van der Waals surface area (Å²) >= 11 is 0. The topological polar surface area (TPSA) is 90.8 Å². The molecule has 0 aromatic heterocycles. The van der Waals surface area contributed by atoms with E-state index in [1.54, 1.807) is 0 Å². The standard InChI is InChI=1S/C9H10O4.H3N/c1-12-7-3-6(5-10)4-8(13-2)9(7)11;/h3-5,11H,1-2H3;1H3. The van der Waals surface area contributed by atoms with Crippen LogP contribution >= 0.6 is 0 Å². The fourth-order valence-corrected chi connectivity index (χ4v) is 0.982. The lowest BCUT2D eigenvalue weighted by molar-refractivity contribution is 0.112. The number of carbonyl (C=O) groups is 1. The SMILES string of the molecule is COc1cc(C=O)cc(OC)c1O.N. The van der Waals surface area contributed by atoms with Crippen molar-refractivity contribution < 1.29 is 19.4 Å². The molecule has 78 valence electrons. The molecule has 0 aliphatic carbocycles. The average Bonchev–Trinajstić information content (AvgIpc) is 2.18. The number of carbonyl (C=O) groups excluding carboxylic acids is 1. The van der Waals surface area contributed by atoms with Crippen LogP contribution in [-0.2, 0) is 0 Å². The Kier molecular flexibility index (Phi) is 4.45. The monoisotopic (exact) mass is 199 g/mol. The predicted molar refractivity (Wildman–Crippen MR) is 51.6 cm³/mol. The molecule has 14 heavy (non-hydrogen) atoms. The first-order valence-electron chi connectivity index (χ1n) is 3.63. The largest absolute Gasteiger partial charge is 0.502 e. The molecule has 0 atom stereocenters. The van der Waals surface area contributed by atoms with E-state index >= 15 is 0 Å². The molecule has 0 radical (unpaired) electrons. The van der Waals surface area contributed by atoms with Gasteiger partial charge in [-0.2, -0.15) is 0 Å². The van der Waals surface area contributed by atoms with Crippen LogP contribution in [0.1, 0.15) is 10.4 Å². The van der Waals surface area contributed by atoms with Crippen molar-refractivity contribution in [1.82, 2.24) is 6.15 Å². The molecule has 1 aromatic rings. The van der Waals surface area contributed by atoms with Crippen LogP contribution < -0.4 is 15.6 Å². The van der Waals surface area contributed by atoms with Crippen LogP contribution in [0.15, 0.2) is 12.1 Å². The quantitative estimate of drug-likeness (QED) is 0.717. The van der Waals surface area contributed by atoms with E-state index in [-0.39, 0.29) is 23.4 Å². The van der Waals surface area contributed by atoms with Gasteiger partial charge in [-0.1, -0.05) is 0 Å². The maximum Gasteiger partial charge on any atom is 0.200 e. The molecule has 0 aliphatic heterocycles. The molecule has 5 heteroatoms. The summed E-state index contributed by atoms with van der Waals surface area (Å²) in [6.07, 6.45) is 0.657. The maximum atomic E-state index is 10.5. The molecule has 1 rings (SSSR count). The van der Waals surface area contributed by atoms with Crippen molar-refractivity contribution in [2.75, 3.05) is 14.2 Å². The lowest BCUT2D eigenvalue weighted by atomic mass is 10.2. The molecule has 0 bridgehead atoms. The van der Waals surface area contributed by atoms with Crippen LogP contribution in [0.5, 0.6) is 17.2 Å². The van der Waals surface area contributed by atoms with Crippen LogP contribution in [0.25, 0.3) is 0 Å². The van der Waals surface area contributed by atoms with Gasteiger partial charge in [-0.25, -0.2) is 0 Å². The molecule has 0 spiro atoms. The molecule has 4 N–H and O–H groups in total. The molecular formula is C9H13NO4. The summed E-state index contributed by atoms with van der Waals surface area (Å²) in [5.74, 6) is 0.346. The van der Waals surface area contributed by atoms with E-state index in [2.05, 4.69) is 0 Å². The second-order valence-corrected chi connectivity index (χ2v) is 2.39. The molecule has 0 heterocycles. The van der Waals surface area contributed by atoms with Crippen molar-refractivity contribution in [3.05, 3.63) is 17.7 Å². The number of hydrogen-bond donors (Lipinski definition) is 2. The second kappa shape index (κ2) is 5.08. The van der Waals surface area contributed by atoms with Crippen molar-refractivity contribution in [1.29, 1.82) is 0 Å². The number of phenolic OH excluding ortho intramolecular Hbond substituents is 1. The zero-order valence-corrected chi connectivity index (χ0v) is 8.11. The summed E-state index contributed by atoms with van der Waals surface area (Å²) in [4.78, 5) is 10.5. The Bertz CT molecular complexity index is 300. The Hall–Kier alpha value is -1.75. The fourth-order valence-electron chi connectivity index (χ4n) is 0.982. The van der Waals surface area contributed by atoms with Crippen molar-refractivity contribution in [3.63, 3.8) is 0 Å². The van der Waals surface area contributed by atoms with Crippen LogP contribution in [-0.4, -0.2) is 25.6 Å². The molecular weight excluding hydrogens is 186 g/mol. The first-order valence-corrected chi connectivity index (χ1v) is 3.63. The van der Waals surface area contributed by atoms with Gasteiger partial charge in [0.25, 0.3) is 0 Å². The summed E-state index contributed by atoms with van der Waals surface area (Å²) in [5.41, 5.74) is 0.395. The van der Waals surface area contributed by atoms with Crippen molar-refractivity contribution in [3.8, 4) is 17.2 Å². The number of benzene rings is 1. The highest BCUT2D eigenvalue weighted by atomic mass is 16.5. The zero-order valence-electron chi connectivity index (χ0n) is 8.11.